The van der Waals surface area contributed by atoms with Gasteiger partial charge in [0.15, 0.2) is 0 Å². The topological polar surface area (TPSA) is 112 Å². The van der Waals surface area contributed by atoms with E-state index in [9.17, 15) is 19.6 Å². The van der Waals surface area contributed by atoms with Gasteiger partial charge >= 0.3 is 12.2 Å². The maximum atomic E-state index is 13.6. The average molecular weight is 463 g/mol. The zero-order chi connectivity index (χ0) is 24.6. The second-order valence-corrected chi connectivity index (χ2v) is 11.4. The fourth-order valence-electron chi connectivity index (χ4n) is 5.26. The van der Waals surface area contributed by atoms with Gasteiger partial charge in [-0.25, -0.2) is 9.59 Å². The second kappa shape index (κ2) is 9.40. The van der Waals surface area contributed by atoms with Crippen LogP contribution in [-0.2, 0) is 14.3 Å². The normalized spacial score (nSPS) is 28.2. The summed E-state index contributed by atoms with van der Waals surface area (Å²) in [5, 5.41) is 12.3. The van der Waals surface area contributed by atoms with Gasteiger partial charge in [-0.15, -0.1) is 0 Å². The molecule has 33 heavy (non-hydrogen) atoms. The lowest BCUT2D eigenvalue weighted by molar-refractivity contribution is -0.135. The highest BCUT2D eigenvalue weighted by molar-refractivity contribution is 5.87. The van der Waals surface area contributed by atoms with Crippen molar-refractivity contribution in [2.75, 3.05) is 6.54 Å². The lowest BCUT2D eigenvalue weighted by Crippen LogP contribution is -2.58. The number of hydrogen-bond acceptors (Lipinski definition) is 6. The first kappa shape index (κ1) is 25.1. The van der Waals surface area contributed by atoms with Crippen molar-refractivity contribution in [3.05, 3.63) is 0 Å². The first-order chi connectivity index (χ1) is 15.3. The molecule has 3 aliphatic rings. The molecule has 0 radical (unpaired) electrons. The molecule has 3 rings (SSSR count). The summed E-state index contributed by atoms with van der Waals surface area (Å²) >= 11 is 0. The molecule has 9 nitrogen and oxygen atoms in total. The quantitative estimate of drug-likeness (QED) is 0.686. The van der Waals surface area contributed by atoms with Crippen molar-refractivity contribution in [2.45, 2.75) is 115 Å². The fraction of sp³-hybridized carbons (Fsp3) is 0.833. The molecule has 0 aromatic carbocycles. The molecule has 4 atom stereocenters. The number of likely N-dealkylation sites (tertiary alicyclic amines) is 1. The van der Waals surface area contributed by atoms with E-state index in [-0.39, 0.29) is 30.0 Å². The highest BCUT2D eigenvalue weighted by Crippen LogP contribution is 2.41. The zero-order valence-corrected chi connectivity index (χ0v) is 20.7. The van der Waals surface area contributed by atoms with Crippen LogP contribution < -0.4 is 5.32 Å². The Labute approximate surface area is 196 Å². The first-order valence-corrected chi connectivity index (χ1v) is 12.0. The highest BCUT2D eigenvalue weighted by atomic mass is 16.6. The summed E-state index contributed by atoms with van der Waals surface area (Å²) in [4.78, 5) is 42.4. The highest BCUT2D eigenvalue weighted by Gasteiger charge is 2.49. The third-order valence-electron chi connectivity index (χ3n) is 6.47. The molecule has 3 heterocycles. The summed E-state index contributed by atoms with van der Waals surface area (Å²) in [6.07, 6.45) is 3.32. The van der Waals surface area contributed by atoms with Crippen molar-refractivity contribution in [1.29, 1.82) is 5.26 Å². The number of nitrogens with one attached hydrogen (secondary N) is 1. The SMILES string of the molecule is CC(C)(C)OC(=O)N[C@H](C(=O)N1CCC[C@H]1C#N)C1CC2CCC(C1)N2C(=O)OC(C)(C)C. The van der Waals surface area contributed by atoms with Gasteiger partial charge < -0.3 is 24.6 Å². The molecule has 0 spiro atoms. The van der Waals surface area contributed by atoms with E-state index < -0.39 is 29.4 Å². The maximum Gasteiger partial charge on any atom is 0.410 e. The second-order valence-electron chi connectivity index (χ2n) is 11.4. The number of carbonyl (C=O) groups is 3. The van der Waals surface area contributed by atoms with Crippen LogP contribution in [0.3, 0.4) is 0 Å². The number of alkyl carbamates (subject to hydrolysis) is 1. The van der Waals surface area contributed by atoms with E-state index in [2.05, 4.69) is 11.4 Å². The van der Waals surface area contributed by atoms with Crippen molar-refractivity contribution in [2.24, 2.45) is 5.92 Å². The first-order valence-electron chi connectivity index (χ1n) is 12.0. The van der Waals surface area contributed by atoms with Crippen molar-refractivity contribution in [1.82, 2.24) is 15.1 Å². The van der Waals surface area contributed by atoms with Gasteiger partial charge in [-0.05, 0) is 86.0 Å². The molecular weight excluding hydrogens is 424 g/mol. The Bertz CT molecular complexity index is 795. The third kappa shape index (κ3) is 6.10. The lowest BCUT2D eigenvalue weighted by atomic mass is 9.84. The molecule has 0 aromatic rings. The van der Waals surface area contributed by atoms with Crippen molar-refractivity contribution < 1.29 is 23.9 Å². The number of piperidine rings is 1. The van der Waals surface area contributed by atoms with Crippen molar-refractivity contribution in [3.8, 4) is 6.07 Å². The number of fused-ring (bicyclic) bond motifs is 2. The summed E-state index contributed by atoms with van der Waals surface area (Å²) in [7, 11) is 0. The van der Waals surface area contributed by atoms with E-state index in [4.69, 9.17) is 9.47 Å². The molecule has 2 bridgehead atoms. The van der Waals surface area contributed by atoms with Gasteiger partial charge in [0, 0.05) is 18.6 Å². The Balaban J connectivity index is 1.78. The van der Waals surface area contributed by atoms with Crippen LogP contribution in [0.5, 0.6) is 0 Å². The molecule has 9 heteroatoms. The molecule has 2 unspecified atom stereocenters. The Kier molecular flexibility index (Phi) is 7.15. The molecule has 3 saturated heterocycles. The summed E-state index contributed by atoms with van der Waals surface area (Å²) < 4.78 is 11.1. The minimum Gasteiger partial charge on any atom is -0.444 e. The Hall–Kier alpha value is -2.50. The number of ether oxygens (including phenoxy) is 2. The lowest BCUT2D eigenvalue weighted by Gasteiger charge is -2.42. The van der Waals surface area contributed by atoms with E-state index in [0.29, 0.717) is 25.8 Å². The van der Waals surface area contributed by atoms with Gasteiger partial charge in [0.2, 0.25) is 5.91 Å². The van der Waals surface area contributed by atoms with Crippen LogP contribution in [0.4, 0.5) is 9.59 Å². The number of amides is 3. The van der Waals surface area contributed by atoms with Gasteiger partial charge in [0.1, 0.15) is 23.3 Å². The van der Waals surface area contributed by atoms with E-state index >= 15 is 0 Å². The van der Waals surface area contributed by atoms with Crippen LogP contribution in [0.15, 0.2) is 0 Å². The Morgan fingerprint density at radius 3 is 2.06 bits per heavy atom. The predicted octanol–water partition coefficient (Wildman–Crippen LogP) is 3.57. The molecule has 0 aromatic heterocycles. The minimum absolute atomic E-state index is 0.0373. The van der Waals surface area contributed by atoms with Gasteiger partial charge in [0.25, 0.3) is 0 Å². The Morgan fingerprint density at radius 2 is 1.55 bits per heavy atom. The zero-order valence-electron chi connectivity index (χ0n) is 20.7. The van der Waals surface area contributed by atoms with Crippen LogP contribution >= 0.6 is 0 Å². The average Bonchev–Trinajstić information content (AvgIpc) is 3.25. The van der Waals surface area contributed by atoms with Crippen LogP contribution in [0.1, 0.15) is 80.1 Å². The molecule has 3 fully saturated rings. The van der Waals surface area contributed by atoms with Crippen LogP contribution in [0.2, 0.25) is 0 Å². The summed E-state index contributed by atoms with van der Waals surface area (Å²) in [5.74, 6) is -0.388. The minimum atomic E-state index is -0.794. The number of hydrogen-bond donors (Lipinski definition) is 1. The smallest absolute Gasteiger partial charge is 0.410 e. The fourth-order valence-corrected chi connectivity index (χ4v) is 5.26. The van der Waals surface area contributed by atoms with Crippen molar-refractivity contribution in [3.63, 3.8) is 0 Å². The number of nitriles is 1. The summed E-state index contributed by atoms with van der Waals surface area (Å²) in [6.45, 7) is 11.4. The molecular formula is C24H38N4O5. The van der Waals surface area contributed by atoms with Crippen LogP contribution in [0, 0.1) is 17.2 Å². The summed E-state index contributed by atoms with van der Waals surface area (Å²) in [6, 6.07) is 0.868. The molecule has 1 N–H and O–H groups in total. The largest absolute Gasteiger partial charge is 0.444 e. The van der Waals surface area contributed by atoms with Gasteiger partial charge in [-0.3, -0.25) is 4.79 Å². The molecule has 3 amide bonds. The molecule has 3 aliphatic heterocycles. The van der Waals surface area contributed by atoms with E-state index in [1.54, 1.807) is 25.7 Å². The van der Waals surface area contributed by atoms with E-state index in [0.717, 1.165) is 19.3 Å². The molecule has 184 valence electrons. The maximum absolute atomic E-state index is 13.6. The predicted molar refractivity (Wildman–Crippen MR) is 121 cm³/mol. The number of nitrogens with zero attached hydrogens (tertiary/aromatic N) is 3. The van der Waals surface area contributed by atoms with Gasteiger partial charge in [0.05, 0.1) is 6.07 Å². The number of carbonyl (C=O) groups excluding carboxylic acids is 3. The monoisotopic (exact) mass is 462 g/mol. The molecule has 0 aliphatic carbocycles. The summed E-state index contributed by atoms with van der Waals surface area (Å²) in [5.41, 5.74) is -1.27. The van der Waals surface area contributed by atoms with Gasteiger partial charge in [-0.2, -0.15) is 5.26 Å². The Morgan fingerprint density at radius 1 is 0.970 bits per heavy atom. The van der Waals surface area contributed by atoms with E-state index in [1.165, 1.54) is 0 Å². The van der Waals surface area contributed by atoms with E-state index in [1.807, 2.05) is 25.7 Å². The third-order valence-corrected chi connectivity index (χ3v) is 6.47. The standard InChI is InChI=1S/C24H38N4O5/c1-23(2,3)32-21(30)26-19(20(29)27-11-7-8-18(27)14-25)15-12-16-9-10-17(13-15)28(16)22(31)33-24(4,5)6/h15-19H,7-13H2,1-6H3,(H,26,30)/t15?,16?,17?,18-,19-/m0/s1. The molecule has 0 saturated carbocycles. The van der Waals surface area contributed by atoms with Crippen LogP contribution in [-0.4, -0.2) is 69.8 Å². The number of rotatable bonds is 3. The van der Waals surface area contributed by atoms with Crippen LogP contribution in [0.25, 0.3) is 0 Å². The van der Waals surface area contributed by atoms with Crippen molar-refractivity contribution >= 4 is 18.1 Å². The van der Waals surface area contributed by atoms with Gasteiger partial charge in [-0.1, -0.05) is 0 Å².